The van der Waals surface area contributed by atoms with Crippen molar-refractivity contribution in [2.75, 3.05) is 7.11 Å². The van der Waals surface area contributed by atoms with Gasteiger partial charge in [0, 0.05) is 7.11 Å². The van der Waals surface area contributed by atoms with E-state index in [1.165, 1.54) is 0 Å². The molecule has 40 valence electrons. The zero-order chi connectivity index (χ0) is 5.70. The summed E-state index contributed by atoms with van der Waals surface area (Å²) >= 11 is 0. The van der Waals surface area contributed by atoms with Gasteiger partial charge in [-0.1, -0.05) is 6.92 Å². The number of rotatable bonds is 2. The normalized spacial score (nSPS) is 14.4. The van der Waals surface area contributed by atoms with Crippen LogP contribution >= 0.6 is 0 Å². The van der Waals surface area contributed by atoms with Crippen molar-refractivity contribution in [2.24, 2.45) is 0 Å². The molecule has 0 saturated carbocycles. The average Bonchev–Trinajstić information content (AvgIpc) is 1.68. The van der Waals surface area contributed by atoms with Crippen LogP contribution in [0.15, 0.2) is 0 Å². The summed E-state index contributed by atoms with van der Waals surface area (Å²) in [5.74, 6) is 0. The second kappa shape index (κ2) is 3.84. The third kappa shape index (κ3) is 3.50. The van der Waals surface area contributed by atoms with Gasteiger partial charge in [0.15, 0.2) is 9.76 Å². The maximum atomic E-state index is 8.17. The van der Waals surface area contributed by atoms with Crippen LogP contribution in [0.25, 0.3) is 0 Å². The SMILES string of the molecule is CO[SiH2]C(C)C#N. The monoisotopic (exact) mass is 115 g/mol. The molecule has 0 aliphatic heterocycles. The van der Waals surface area contributed by atoms with Gasteiger partial charge in [-0.15, -0.1) is 0 Å². The van der Waals surface area contributed by atoms with E-state index in [-0.39, 0.29) is 5.54 Å². The van der Waals surface area contributed by atoms with Gasteiger partial charge >= 0.3 is 0 Å². The molecular formula is C4H9NOSi. The average molecular weight is 115 g/mol. The van der Waals surface area contributed by atoms with Gasteiger partial charge in [0.1, 0.15) is 0 Å². The molecule has 7 heavy (non-hydrogen) atoms. The van der Waals surface area contributed by atoms with Gasteiger partial charge in [-0.05, 0) is 0 Å². The minimum absolute atomic E-state index is 0.171. The Morgan fingerprint density at radius 1 is 1.86 bits per heavy atom. The lowest BCUT2D eigenvalue weighted by molar-refractivity contribution is 0.437. The minimum Gasteiger partial charge on any atom is -0.426 e. The van der Waals surface area contributed by atoms with E-state index in [0.29, 0.717) is 0 Å². The fourth-order valence-corrected chi connectivity index (χ4v) is 0.862. The van der Waals surface area contributed by atoms with Crippen molar-refractivity contribution >= 4 is 9.76 Å². The molecule has 0 fully saturated rings. The van der Waals surface area contributed by atoms with Crippen LogP contribution in [0.3, 0.4) is 0 Å². The second-order valence-electron chi connectivity index (χ2n) is 1.49. The highest BCUT2D eigenvalue weighted by atomic mass is 28.2. The van der Waals surface area contributed by atoms with Crippen LogP contribution in [0.4, 0.5) is 0 Å². The predicted molar refractivity (Wildman–Crippen MR) is 30.6 cm³/mol. The van der Waals surface area contributed by atoms with Crippen LogP contribution in [0, 0.1) is 11.3 Å². The van der Waals surface area contributed by atoms with Crippen LogP contribution in [-0.2, 0) is 4.43 Å². The molecule has 0 aromatic heterocycles. The maximum Gasteiger partial charge on any atom is 0.177 e. The largest absolute Gasteiger partial charge is 0.426 e. The van der Waals surface area contributed by atoms with Crippen LogP contribution < -0.4 is 0 Å². The highest BCUT2D eigenvalue weighted by Crippen LogP contribution is 1.94. The minimum atomic E-state index is -0.515. The number of hydrogen-bond donors (Lipinski definition) is 0. The molecule has 0 radical (unpaired) electrons. The van der Waals surface area contributed by atoms with E-state index in [2.05, 4.69) is 6.07 Å². The summed E-state index contributed by atoms with van der Waals surface area (Å²) in [4.78, 5) is 0. The molecule has 0 aromatic carbocycles. The van der Waals surface area contributed by atoms with Crippen molar-refractivity contribution in [3.05, 3.63) is 0 Å². The van der Waals surface area contributed by atoms with Crippen LogP contribution in [0.1, 0.15) is 6.92 Å². The first-order valence-electron chi connectivity index (χ1n) is 2.19. The van der Waals surface area contributed by atoms with E-state index in [4.69, 9.17) is 9.69 Å². The van der Waals surface area contributed by atoms with E-state index in [0.717, 1.165) is 0 Å². The van der Waals surface area contributed by atoms with Crippen molar-refractivity contribution in [3.8, 4) is 6.07 Å². The highest BCUT2D eigenvalue weighted by molar-refractivity contribution is 6.30. The summed E-state index contributed by atoms with van der Waals surface area (Å²) in [6, 6.07) is 2.10. The first-order chi connectivity index (χ1) is 3.31. The van der Waals surface area contributed by atoms with Gasteiger partial charge in [-0.25, -0.2) is 0 Å². The first kappa shape index (κ1) is 6.67. The molecule has 0 saturated heterocycles. The Labute approximate surface area is 46.0 Å². The molecule has 0 rings (SSSR count). The Balaban J connectivity index is 3.04. The van der Waals surface area contributed by atoms with Crippen molar-refractivity contribution < 1.29 is 4.43 Å². The molecule has 2 nitrogen and oxygen atoms in total. The molecule has 1 unspecified atom stereocenters. The molecule has 0 aliphatic carbocycles. The van der Waals surface area contributed by atoms with E-state index >= 15 is 0 Å². The molecule has 0 spiro atoms. The van der Waals surface area contributed by atoms with Crippen LogP contribution in [-0.4, -0.2) is 16.9 Å². The number of nitrogens with zero attached hydrogens (tertiary/aromatic N) is 1. The quantitative estimate of drug-likeness (QED) is 0.476. The Kier molecular flexibility index (Phi) is 3.66. The van der Waals surface area contributed by atoms with Crippen molar-refractivity contribution in [2.45, 2.75) is 12.5 Å². The van der Waals surface area contributed by atoms with Crippen molar-refractivity contribution in [1.82, 2.24) is 0 Å². The van der Waals surface area contributed by atoms with E-state index in [1.807, 2.05) is 6.92 Å². The second-order valence-corrected chi connectivity index (χ2v) is 3.62. The topological polar surface area (TPSA) is 33.0 Å². The molecule has 0 heterocycles. The van der Waals surface area contributed by atoms with E-state index in [1.54, 1.807) is 7.11 Å². The van der Waals surface area contributed by atoms with Crippen molar-refractivity contribution in [3.63, 3.8) is 0 Å². The van der Waals surface area contributed by atoms with Gasteiger partial charge in [0.05, 0.1) is 11.6 Å². The summed E-state index contributed by atoms with van der Waals surface area (Å²) in [6.07, 6.45) is 0. The van der Waals surface area contributed by atoms with Gasteiger partial charge in [-0.3, -0.25) is 0 Å². The summed E-state index contributed by atoms with van der Waals surface area (Å²) in [6.45, 7) is 1.88. The standard InChI is InChI=1S/C4H9NOSi/c1-4(3-5)7-6-2/h4H,7H2,1-2H3. The molecule has 0 N–H and O–H groups in total. The van der Waals surface area contributed by atoms with Gasteiger partial charge < -0.3 is 4.43 Å². The van der Waals surface area contributed by atoms with Crippen molar-refractivity contribution in [1.29, 1.82) is 5.26 Å². The van der Waals surface area contributed by atoms with Gasteiger partial charge in [-0.2, -0.15) is 5.26 Å². The maximum absolute atomic E-state index is 8.17. The Morgan fingerprint density at radius 2 is 2.43 bits per heavy atom. The number of nitriles is 1. The highest BCUT2D eigenvalue weighted by Gasteiger charge is 1.95. The zero-order valence-corrected chi connectivity index (χ0v) is 6.05. The van der Waals surface area contributed by atoms with Crippen LogP contribution in [0.5, 0.6) is 0 Å². The van der Waals surface area contributed by atoms with E-state index in [9.17, 15) is 0 Å². The van der Waals surface area contributed by atoms with Gasteiger partial charge in [0.2, 0.25) is 0 Å². The lowest BCUT2D eigenvalue weighted by Gasteiger charge is -1.93. The summed E-state index contributed by atoms with van der Waals surface area (Å²) in [7, 11) is 1.14. The molecule has 0 bridgehead atoms. The molecule has 3 heteroatoms. The molecule has 0 aromatic rings. The molecule has 0 aliphatic rings. The first-order valence-corrected chi connectivity index (χ1v) is 3.59. The number of hydrogen-bond acceptors (Lipinski definition) is 2. The Bertz CT molecular complexity index is 78.2. The smallest absolute Gasteiger partial charge is 0.177 e. The lowest BCUT2D eigenvalue weighted by Crippen LogP contribution is -1.98. The molecule has 1 atom stereocenters. The fourth-order valence-electron chi connectivity index (χ4n) is 0.287. The van der Waals surface area contributed by atoms with E-state index < -0.39 is 9.76 Å². The summed E-state index contributed by atoms with van der Waals surface area (Å²) in [5.41, 5.74) is 0.171. The Hall–Kier alpha value is -0.333. The summed E-state index contributed by atoms with van der Waals surface area (Å²) < 4.78 is 4.81. The zero-order valence-electron chi connectivity index (χ0n) is 4.64. The third-order valence-corrected chi connectivity index (χ3v) is 1.65. The molecular weight excluding hydrogens is 106 g/mol. The molecule has 0 amide bonds. The Morgan fingerprint density at radius 3 is 2.57 bits per heavy atom. The lowest BCUT2D eigenvalue weighted by atomic mass is 10.5. The fraction of sp³-hybridized carbons (Fsp3) is 0.750. The van der Waals surface area contributed by atoms with Gasteiger partial charge in [0.25, 0.3) is 0 Å². The van der Waals surface area contributed by atoms with Crippen LogP contribution in [0.2, 0.25) is 5.54 Å². The summed E-state index contributed by atoms with van der Waals surface area (Å²) in [5, 5.41) is 8.17. The predicted octanol–water partition coefficient (Wildman–Crippen LogP) is 0.0486. The third-order valence-electron chi connectivity index (χ3n) is 0.637.